The average Bonchev–Trinajstić information content (AvgIpc) is 3.38. The molecule has 21 nitrogen and oxygen atoms in total. The molecule has 1 fully saturated rings. The summed E-state index contributed by atoms with van der Waals surface area (Å²) < 4.78 is 18.2. The van der Waals surface area contributed by atoms with Gasteiger partial charge in [-0.3, -0.25) is 24.0 Å². The molecule has 5 atom stereocenters. The molecule has 21 heteroatoms. The van der Waals surface area contributed by atoms with Crippen LogP contribution in [0.2, 0.25) is 0 Å². The largest absolute Gasteiger partial charge is 0.508 e. The lowest BCUT2D eigenvalue weighted by Crippen LogP contribution is -2.56. The minimum atomic E-state index is -1.51. The second kappa shape index (κ2) is 25.7. The lowest BCUT2D eigenvalue weighted by Gasteiger charge is -2.32. The number of aliphatic hydroxyl groups is 2. The Labute approximate surface area is 423 Å². The molecule has 73 heavy (non-hydrogen) atoms. The summed E-state index contributed by atoms with van der Waals surface area (Å²) in [6, 6.07) is 13.4. The van der Waals surface area contributed by atoms with Crippen LogP contribution in [0.25, 0.3) is 22.5 Å². The van der Waals surface area contributed by atoms with Gasteiger partial charge in [0.1, 0.15) is 72.7 Å². The number of carbonyl (C=O) groups excluding carboxylic acids is 5. The van der Waals surface area contributed by atoms with E-state index in [9.17, 15) is 39.4 Å². The molecule has 6 rings (SSSR count). The summed E-state index contributed by atoms with van der Waals surface area (Å²) in [6.45, 7) is 3.71. The summed E-state index contributed by atoms with van der Waals surface area (Å²) in [5.74, 6) is -2.50. The third-order valence-corrected chi connectivity index (χ3v) is 12.6. The first-order valence-electron chi connectivity index (χ1n) is 24.2. The number of nitrogens with one attached hydrogen (secondary N) is 4. The molecule has 2 aliphatic rings. The summed E-state index contributed by atoms with van der Waals surface area (Å²) in [7, 11) is 1.36. The monoisotopic (exact) mass is 1000 g/mol. The topological polar surface area (TPSA) is 332 Å². The van der Waals surface area contributed by atoms with Crippen molar-refractivity contribution in [2.75, 3.05) is 39.8 Å². The molecule has 388 valence electrons. The molecule has 0 unspecified atom stereocenters. The molecule has 1 aliphatic heterocycles. The number of amides is 5. The van der Waals surface area contributed by atoms with Crippen LogP contribution in [0.4, 0.5) is 0 Å². The molecule has 3 aromatic carbocycles. The van der Waals surface area contributed by atoms with Crippen LogP contribution in [0, 0.1) is 25.2 Å². The number of nitrogens with two attached hydrogens (primary N) is 3. The normalized spacial score (nSPS) is 18.1. The van der Waals surface area contributed by atoms with Crippen LogP contribution in [0.15, 0.2) is 72.7 Å². The fourth-order valence-electron chi connectivity index (χ4n) is 8.66. The number of nitrogens with zero attached hydrogens (tertiary/aromatic N) is 4. The van der Waals surface area contributed by atoms with E-state index in [0.717, 1.165) is 48.2 Å². The summed E-state index contributed by atoms with van der Waals surface area (Å²) in [6.07, 6.45) is 5.55. The summed E-state index contributed by atoms with van der Waals surface area (Å²) >= 11 is 0. The molecule has 4 aromatic rings. The third-order valence-electron chi connectivity index (χ3n) is 12.6. The lowest BCUT2D eigenvalue weighted by atomic mass is 9.93. The second-order valence-electron chi connectivity index (χ2n) is 18.0. The number of nitriles is 1. The molecule has 5 amide bonds. The number of hydrogen-bond acceptors (Lipinski definition) is 16. The number of carbonyl (C=O) groups is 5. The van der Waals surface area contributed by atoms with Gasteiger partial charge in [-0.05, 0) is 119 Å². The molecule has 1 saturated carbocycles. The van der Waals surface area contributed by atoms with Gasteiger partial charge in [0.2, 0.25) is 23.6 Å². The minimum absolute atomic E-state index is 0.0479. The number of likely N-dealkylation sites (N-methyl/N-ethyl adjacent to an activating group) is 1. The number of fused-ring (bicyclic) bond motifs is 5. The highest BCUT2D eigenvalue weighted by atomic mass is 16.5. The highest BCUT2D eigenvalue weighted by Gasteiger charge is 2.36. The van der Waals surface area contributed by atoms with Gasteiger partial charge in [-0.25, -0.2) is 9.97 Å². The van der Waals surface area contributed by atoms with Crippen molar-refractivity contribution >= 4 is 29.5 Å². The molecule has 0 saturated heterocycles. The van der Waals surface area contributed by atoms with Gasteiger partial charge in [0.05, 0.1) is 35.7 Å². The van der Waals surface area contributed by atoms with E-state index in [1.807, 2.05) is 30.3 Å². The van der Waals surface area contributed by atoms with E-state index in [1.54, 1.807) is 38.1 Å². The number of ether oxygens (including phenoxy) is 3. The van der Waals surface area contributed by atoms with Crippen LogP contribution < -0.4 is 52.7 Å². The van der Waals surface area contributed by atoms with E-state index >= 15 is 0 Å². The minimum Gasteiger partial charge on any atom is -0.508 e. The summed E-state index contributed by atoms with van der Waals surface area (Å²) in [5, 5.41) is 40.5. The van der Waals surface area contributed by atoms with E-state index in [4.69, 9.17) is 31.4 Å². The summed E-state index contributed by atoms with van der Waals surface area (Å²) in [4.78, 5) is 81.5. The lowest BCUT2D eigenvalue weighted by molar-refractivity contribution is -0.141. The molecule has 4 bridgehead atoms. The predicted molar refractivity (Wildman–Crippen MR) is 270 cm³/mol. The predicted octanol–water partition coefficient (Wildman–Crippen LogP) is 2.41. The van der Waals surface area contributed by atoms with Crippen LogP contribution in [0.3, 0.4) is 0 Å². The molecule has 12 N–H and O–H groups in total. The van der Waals surface area contributed by atoms with Crippen molar-refractivity contribution in [3.05, 3.63) is 101 Å². The number of rotatable bonds is 18. The van der Waals surface area contributed by atoms with Crippen molar-refractivity contribution in [3.8, 4) is 45.8 Å². The van der Waals surface area contributed by atoms with Gasteiger partial charge in [0.15, 0.2) is 5.82 Å². The van der Waals surface area contributed by atoms with E-state index in [-0.39, 0.29) is 91.2 Å². The van der Waals surface area contributed by atoms with E-state index in [0.29, 0.717) is 22.8 Å². The van der Waals surface area contributed by atoms with Crippen LogP contribution in [-0.2, 0) is 25.6 Å². The van der Waals surface area contributed by atoms with E-state index in [2.05, 4.69) is 31.2 Å². The number of aromatic nitrogens is 2. The molecular weight excluding hydrogens is 939 g/mol. The standard InChI is InChI=1S/C52H65N11O10/c1-29-45(30(2)59-47(58-29)33-11-14-38(15-12-33)73-37-8-6-5-7-9-37)50(68)61-41(18-19-53)52(70)63(4)46-34-13-17-44(72-28-36(65)26-56)40(24-34)39-22-32(10-16-43(39)71-27-35(64)25-55)23-42(49(67)57-21-20-54)62-48(66)31(3)60-51(46)69/h10-17,22,24,27,31,36-37,41-42,46,64-65H,5-9,18-19,21,23,25-26,28,53,55-56H2,1-4H3,(H,57,67)(H,60,69)(H,61,68)(H,62,66)/b35-27-/t31-,36+,41-,42-,46-/m0/s1. The maximum absolute atomic E-state index is 14.8. The average molecular weight is 1000 g/mol. The molecule has 0 spiro atoms. The zero-order chi connectivity index (χ0) is 52.8. The Hall–Kier alpha value is -7.64. The van der Waals surface area contributed by atoms with Crippen LogP contribution in [0.1, 0.15) is 84.4 Å². The van der Waals surface area contributed by atoms with Gasteiger partial charge in [-0.15, -0.1) is 0 Å². The third kappa shape index (κ3) is 14.1. The second-order valence-corrected chi connectivity index (χ2v) is 18.0. The van der Waals surface area contributed by atoms with E-state index in [1.165, 1.54) is 32.5 Å². The van der Waals surface area contributed by atoms with Crippen molar-refractivity contribution in [2.24, 2.45) is 17.2 Å². The quantitative estimate of drug-likeness (QED) is 0.0510. The van der Waals surface area contributed by atoms with Gasteiger partial charge in [-0.2, -0.15) is 5.26 Å². The first-order valence-corrected chi connectivity index (χ1v) is 24.2. The maximum atomic E-state index is 14.8. The van der Waals surface area contributed by atoms with Gasteiger partial charge < -0.3 is 67.8 Å². The van der Waals surface area contributed by atoms with Crippen molar-refractivity contribution in [1.29, 1.82) is 5.26 Å². The van der Waals surface area contributed by atoms with E-state index < -0.39 is 59.8 Å². The zero-order valence-electron chi connectivity index (χ0n) is 41.5. The SMILES string of the molecule is Cc1nc(-c2ccc(OC3CCCCC3)cc2)nc(C)c1C(=O)N[C@@H](CCN)C(=O)N(C)[C@@H]1C(=O)N[C@@H](C)C(=O)N[C@H](C(=O)NCC#N)Cc2ccc(O/C=C(\O)CN)c(c2)-c2cc1ccc2OC[C@H](O)CN. The molecule has 1 aromatic heterocycles. The molecule has 0 radical (unpaired) electrons. The number of hydrogen-bond donors (Lipinski definition) is 9. The van der Waals surface area contributed by atoms with Crippen molar-refractivity contribution in [3.63, 3.8) is 0 Å². The molecule has 1 aliphatic carbocycles. The summed E-state index contributed by atoms with van der Waals surface area (Å²) in [5.41, 5.74) is 20.2. The number of aliphatic hydroxyl groups excluding tert-OH is 2. The highest BCUT2D eigenvalue weighted by molar-refractivity contribution is 6.00. The fraction of sp³-hybridized carbons (Fsp3) is 0.423. The van der Waals surface area contributed by atoms with Crippen LogP contribution in [-0.4, -0.2) is 125 Å². The Kier molecular flexibility index (Phi) is 19.2. The zero-order valence-corrected chi connectivity index (χ0v) is 41.5. The number of aryl methyl sites for hydroxylation is 2. The Morgan fingerprint density at radius 2 is 1.63 bits per heavy atom. The van der Waals surface area contributed by atoms with Crippen molar-refractivity contribution in [2.45, 2.75) is 102 Å². The van der Waals surface area contributed by atoms with Gasteiger partial charge in [0.25, 0.3) is 5.91 Å². The Bertz CT molecular complexity index is 2680. The molecule has 2 heterocycles. The Morgan fingerprint density at radius 1 is 0.945 bits per heavy atom. The Morgan fingerprint density at radius 3 is 2.29 bits per heavy atom. The maximum Gasteiger partial charge on any atom is 0.255 e. The van der Waals surface area contributed by atoms with Crippen LogP contribution in [0.5, 0.6) is 17.2 Å². The smallest absolute Gasteiger partial charge is 0.255 e. The number of benzene rings is 3. The van der Waals surface area contributed by atoms with Crippen molar-refractivity contribution in [1.82, 2.24) is 36.1 Å². The highest BCUT2D eigenvalue weighted by Crippen LogP contribution is 2.40. The van der Waals surface area contributed by atoms with Gasteiger partial charge >= 0.3 is 0 Å². The fourth-order valence-corrected chi connectivity index (χ4v) is 8.66. The first kappa shape index (κ1) is 54.7. The van der Waals surface area contributed by atoms with Gasteiger partial charge in [-0.1, -0.05) is 18.6 Å². The molecular formula is C52H65N11O10. The first-order chi connectivity index (χ1) is 35.0. The van der Waals surface area contributed by atoms with Gasteiger partial charge in [0, 0.05) is 36.7 Å². The van der Waals surface area contributed by atoms with Crippen molar-refractivity contribution < 1.29 is 48.4 Å². The van der Waals surface area contributed by atoms with Crippen LogP contribution >= 0.6 is 0 Å². The Balaban J connectivity index is 1.38.